The molecule has 1 fully saturated rings. The van der Waals surface area contributed by atoms with E-state index in [1.165, 1.54) is 25.7 Å². The third-order valence-corrected chi connectivity index (χ3v) is 6.48. The van der Waals surface area contributed by atoms with Crippen LogP contribution < -0.4 is 0 Å². The van der Waals surface area contributed by atoms with Crippen LogP contribution in [0, 0.1) is 0 Å². The lowest BCUT2D eigenvalue weighted by atomic mass is 10.4. The van der Waals surface area contributed by atoms with Gasteiger partial charge in [0.05, 0.1) is 6.61 Å². The van der Waals surface area contributed by atoms with Crippen LogP contribution in [-0.4, -0.2) is 28.6 Å². The maximum atomic E-state index is 5.92. The van der Waals surface area contributed by atoms with Gasteiger partial charge in [0, 0.05) is 18.8 Å². The SMILES string of the molecule is C=CCO[Si](OCC)(OCC)C1CCCC1. The van der Waals surface area contributed by atoms with Gasteiger partial charge in [0.2, 0.25) is 0 Å². The van der Waals surface area contributed by atoms with Gasteiger partial charge in [-0.2, -0.15) is 0 Å². The molecule has 0 atom stereocenters. The largest absolute Gasteiger partial charge is 0.504 e. The van der Waals surface area contributed by atoms with Crippen molar-refractivity contribution in [2.75, 3.05) is 19.8 Å². The summed E-state index contributed by atoms with van der Waals surface area (Å²) in [5, 5.41) is 0. The molecule has 94 valence electrons. The summed E-state index contributed by atoms with van der Waals surface area (Å²) in [7, 11) is -2.45. The first kappa shape index (κ1) is 13.9. The Morgan fingerprint density at radius 2 is 1.69 bits per heavy atom. The fraction of sp³-hybridized carbons (Fsp3) is 0.833. The maximum absolute atomic E-state index is 5.92. The zero-order valence-electron chi connectivity index (χ0n) is 10.5. The van der Waals surface area contributed by atoms with E-state index < -0.39 is 8.80 Å². The van der Waals surface area contributed by atoms with Crippen molar-refractivity contribution >= 4 is 8.80 Å². The van der Waals surface area contributed by atoms with E-state index in [-0.39, 0.29) is 0 Å². The van der Waals surface area contributed by atoms with Gasteiger partial charge in [0.25, 0.3) is 0 Å². The highest BCUT2D eigenvalue weighted by Crippen LogP contribution is 2.40. The molecule has 0 bridgehead atoms. The Kier molecular flexibility index (Phi) is 6.27. The van der Waals surface area contributed by atoms with Crippen LogP contribution in [0.2, 0.25) is 5.54 Å². The second-order valence-electron chi connectivity index (χ2n) is 4.05. The van der Waals surface area contributed by atoms with Crippen molar-refractivity contribution in [2.24, 2.45) is 0 Å². The van der Waals surface area contributed by atoms with Crippen molar-refractivity contribution < 1.29 is 13.3 Å². The molecule has 0 N–H and O–H groups in total. The molecule has 0 aromatic rings. The zero-order valence-corrected chi connectivity index (χ0v) is 11.5. The van der Waals surface area contributed by atoms with Crippen molar-refractivity contribution in [1.29, 1.82) is 0 Å². The van der Waals surface area contributed by atoms with Gasteiger partial charge in [0.15, 0.2) is 0 Å². The van der Waals surface area contributed by atoms with Crippen LogP contribution in [0.3, 0.4) is 0 Å². The fourth-order valence-corrected chi connectivity index (χ4v) is 5.56. The van der Waals surface area contributed by atoms with E-state index in [0.29, 0.717) is 25.4 Å². The Morgan fingerprint density at radius 1 is 1.12 bits per heavy atom. The standard InChI is InChI=1S/C12H24O3Si/c1-4-11-15-16(13-5-2,14-6-3)12-9-7-8-10-12/h4,12H,1,5-11H2,2-3H3. The number of rotatable bonds is 8. The van der Waals surface area contributed by atoms with Gasteiger partial charge in [-0.15, -0.1) is 6.58 Å². The summed E-state index contributed by atoms with van der Waals surface area (Å²) in [4.78, 5) is 0. The Labute approximate surface area is 100 Å². The molecule has 0 unspecified atom stereocenters. The van der Waals surface area contributed by atoms with Crippen LogP contribution in [0.1, 0.15) is 39.5 Å². The average molecular weight is 244 g/mol. The van der Waals surface area contributed by atoms with Crippen LogP contribution in [-0.2, 0) is 13.3 Å². The van der Waals surface area contributed by atoms with Crippen molar-refractivity contribution in [3.05, 3.63) is 12.7 Å². The predicted molar refractivity (Wildman–Crippen MR) is 67.4 cm³/mol. The molecular weight excluding hydrogens is 220 g/mol. The van der Waals surface area contributed by atoms with E-state index in [2.05, 4.69) is 6.58 Å². The van der Waals surface area contributed by atoms with E-state index in [9.17, 15) is 0 Å². The first-order valence-electron chi connectivity index (χ1n) is 6.31. The molecule has 0 spiro atoms. The molecule has 0 aromatic heterocycles. The summed E-state index contributed by atoms with van der Waals surface area (Å²) in [6.45, 7) is 9.57. The highest BCUT2D eigenvalue weighted by molar-refractivity contribution is 6.62. The Hall–Kier alpha value is -0.163. The van der Waals surface area contributed by atoms with Crippen LogP contribution in [0.25, 0.3) is 0 Å². The number of hydrogen-bond donors (Lipinski definition) is 0. The Bertz CT molecular complexity index is 196. The van der Waals surface area contributed by atoms with Crippen LogP contribution in [0.4, 0.5) is 0 Å². The zero-order chi connectivity index (χ0) is 11.9. The second-order valence-corrected chi connectivity index (χ2v) is 6.94. The predicted octanol–water partition coefficient (Wildman–Crippen LogP) is 3.15. The molecular formula is C12H24O3Si. The van der Waals surface area contributed by atoms with Gasteiger partial charge in [-0.05, 0) is 26.7 Å². The first-order valence-corrected chi connectivity index (χ1v) is 8.12. The number of hydrogen-bond acceptors (Lipinski definition) is 3. The monoisotopic (exact) mass is 244 g/mol. The Morgan fingerprint density at radius 3 is 2.12 bits per heavy atom. The molecule has 0 heterocycles. The molecule has 1 saturated carbocycles. The minimum Gasteiger partial charge on any atom is -0.374 e. The lowest BCUT2D eigenvalue weighted by Gasteiger charge is -2.33. The second kappa shape index (κ2) is 7.22. The molecule has 0 aliphatic heterocycles. The van der Waals surface area contributed by atoms with Gasteiger partial charge in [-0.25, -0.2) is 0 Å². The first-order chi connectivity index (χ1) is 7.79. The molecule has 16 heavy (non-hydrogen) atoms. The highest BCUT2D eigenvalue weighted by atomic mass is 28.4. The molecule has 3 nitrogen and oxygen atoms in total. The third kappa shape index (κ3) is 3.42. The van der Waals surface area contributed by atoms with Gasteiger partial charge in [0.1, 0.15) is 0 Å². The molecule has 0 saturated heterocycles. The summed E-state index contributed by atoms with van der Waals surface area (Å²) in [6, 6.07) is 0. The minimum absolute atomic E-state index is 0.493. The average Bonchev–Trinajstić information content (AvgIpc) is 2.80. The summed E-state index contributed by atoms with van der Waals surface area (Å²) < 4.78 is 17.7. The smallest absolute Gasteiger partial charge is 0.374 e. The quantitative estimate of drug-likeness (QED) is 0.485. The molecule has 1 aliphatic carbocycles. The van der Waals surface area contributed by atoms with Crippen molar-refractivity contribution in [1.82, 2.24) is 0 Å². The molecule has 0 aromatic carbocycles. The highest BCUT2D eigenvalue weighted by Gasteiger charge is 2.49. The fourth-order valence-electron chi connectivity index (χ4n) is 2.34. The van der Waals surface area contributed by atoms with E-state index in [1.807, 2.05) is 13.8 Å². The maximum Gasteiger partial charge on any atom is 0.504 e. The van der Waals surface area contributed by atoms with E-state index in [0.717, 1.165) is 0 Å². The van der Waals surface area contributed by atoms with Crippen molar-refractivity contribution in [3.8, 4) is 0 Å². The summed E-state index contributed by atoms with van der Waals surface area (Å²) in [6.07, 6.45) is 6.69. The molecule has 0 radical (unpaired) electrons. The van der Waals surface area contributed by atoms with Crippen LogP contribution in [0.5, 0.6) is 0 Å². The molecule has 4 heteroatoms. The van der Waals surface area contributed by atoms with Gasteiger partial charge < -0.3 is 13.3 Å². The van der Waals surface area contributed by atoms with Crippen molar-refractivity contribution in [3.63, 3.8) is 0 Å². The minimum atomic E-state index is -2.45. The van der Waals surface area contributed by atoms with Crippen LogP contribution >= 0.6 is 0 Å². The van der Waals surface area contributed by atoms with Crippen LogP contribution in [0.15, 0.2) is 12.7 Å². The van der Waals surface area contributed by atoms with Gasteiger partial charge >= 0.3 is 8.80 Å². The third-order valence-electron chi connectivity index (χ3n) is 2.95. The van der Waals surface area contributed by atoms with E-state index in [4.69, 9.17) is 13.3 Å². The Balaban J connectivity index is 2.70. The normalized spacial score (nSPS) is 17.9. The molecule has 0 amide bonds. The van der Waals surface area contributed by atoms with Crippen molar-refractivity contribution in [2.45, 2.75) is 45.1 Å². The lowest BCUT2D eigenvalue weighted by molar-refractivity contribution is 0.0658. The van der Waals surface area contributed by atoms with E-state index in [1.54, 1.807) is 6.08 Å². The van der Waals surface area contributed by atoms with E-state index >= 15 is 0 Å². The summed E-state index contributed by atoms with van der Waals surface area (Å²) in [5.74, 6) is 0. The van der Waals surface area contributed by atoms with Gasteiger partial charge in [-0.3, -0.25) is 0 Å². The summed E-state index contributed by atoms with van der Waals surface area (Å²) in [5.41, 5.74) is 0.493. The molecule has 1 rings (SSSR count). The summed E-state index contributed by atoms with van der Waals surface area (Å²) >= 11 is 0. The van der Waals surface area contributed by atoms with Gasteiger partial charge in [-0.1, -0.05) is 18.9 Å². The molecule has 1 aliphatic rings. The lowest BCUT2D eigenvalue weighted by Crippen LogP contribution is -2.49. The topological polar surface area (TPSA) is 27.7 Å².